The molecule has 150 valence electrons. The molecule has 0 radical (unpaired) electrons. The van der Waals surface area contributed by atoms with Crippen molar-refractivity contribution < 1.29 is 62.2 Å². The molecule has 0 N–H and O–H groups in total. The van der Waals surface area contributed by atoms with Crippen LogP contribution in [0.15, 0.2) is 24.3 Å². The van der Waals surface area contributed by atoms with Gasteiger partial charge in [0.2, 0.25) is 0 Å². The summed E-state index contributed by atoms with van der Waals surface area (Å²) in [6.07, 6.45) is -31.9. The molecule has 0 fully saturated rings. The minimum atomic E-state index is -5.86. The molecule has 1 rings (SSSR count). The van der Waals surface area contributed by atoms with E-state index in [9.17, 15) is 52.7 Å². The first-order valence-corrected chi connectivity index (χ1v) is 6.12. The van der Waals surface area contributed by atoms with Gasteiger partial charge in [0.15, 0.2) is 0 Å². The standard InChI is InChI=1S/C12H6F12O2/c13-9(14,15)7(10(16,17)18)25-5-1-2-6(4-3-5)26-8(11(19,20)21)12(22,23)24/h1-4,7-8H. The van der Waals surface area contributed by atoms with Gasteiger partial charge in [-0.15, -0.1) is 0 Å². The third-order valence-corrected chi connectivity index (χ3v) is 2.52. The summed E-state index contributed by atoms with van der Waals surface area (Å²) in [6.45, 7) is 0. The van der Waals surface area contributed by atoms with E-state index < -0.39 is 48.4 Å². The first-order valence-electron chi connectivity index (χ1n) is 6.12. The lowest BCUT2D eigenvalue weighted by atomic mass is 10.3. The third-order valence-electron chi connectivity index (χ3n) is 2.52. The summed E-state index contributed by atoms with van der Waals surface area (Å²) in [6, 6.07) is 1.18. The van der Waals surface area contributed by atoms with Gasteiger partial charge in [0.1, 0.15) is 11.5 Å². The first kappa shape index (κ1) is 22.0. The van der Waals surface area contributed by atoms with E-state index in [1.807, 2.05) is 0 Å². The zero-order valence-corrected chi connectivity index (χ0v) is 11.8. The molecule has 2 nitrogen and oxygen atoms in total. The van der Waals surface area contributed by atoms with Gasteiger partial charge in [-0.2, -0.15) is 52.7 Å². The Morgan fingerprint density at radius 2 is 0.654 bits per heavy atom. The van der Waals surface area contributed by atoms with Crippen LogP contribution in [0.25, 0.3) is 0 Å². The Morgan fingerprint density at radius 1 is 0.462 bits per heavy atom. The summed E-state index contributed by atoms with van der Waals surface area (Å²) in [7, 11) is 0. The van der Waals surface area contributed by atoms with Gasteiger partial charge in [0, 0.05) is 0 Å². The molecule has 0 amide bonds. The van der Waals surface area contributed by atoms with E-state index in [0.717, 1.165) is 0 Å². The Bertz CT molecular complexity index is 500. The fraction of sp³-hybridized carbons (Fsp3) is 0.500. The third kappa shape index (κ3) is 6.05. The highest BCUT2D eigenvalue weighted by Gasteiger charge is 2.60. The number of ether oxygens (including phenoxy) is 2. The van der Waals surface area contributed by atoms with E-state index in [0.29, 0.717) is 24.3 Å². The summed E-state index contributed by atoms with van der Waals surface area (Å²) in [5, 5.41) is 0. The van der Waals surface area contributed by atoms with Gasteiger partial charge >= 0.3 is 24.7 Å². The predicted molar refractivity (Wildman–Crippen MR) is 59.5 cm³/mol. The Balaban J connectivity index is 2.98. The molecule has 1 aromatic rings. The monoisotopic (exact) mass is 410 g/mol. The maximum atomic E-state index is 12.3. The number of benzene rings is 1. The van der Waals surface area contributed by atoms with Crippen molar-refractivity contribution in [2.45, 2.75) is 36.9 Å². The number of halogens is 12. The Hall–Kier alpha value is -2.02. The molecule has 26 heavy (non-hydrogen) atoms. The molecular formula is C12H6F12O2. The predicted octanol–water partition coefficient (Wildman–Crippen LogP) is 5.43. The molecule has 0 aliphatic carbocycles. The highest BCUT2D eigenvalue weighted by atomic mass is 19.4. The minimum Gasteiger partial charge on any atom is -0.471 e. The zero-order valence-electron chi connectivity index (χ0n) is 11.8. The second-order valence-electron chi connectivity index (χ2n) is 4.63. The zero-order chi connectivity index (χ0) is 20.6. The summed E-state index contributed by atoms with van der Waals surface area (Å²) < 4.78 is 155. The van der Waals surface area contributed by atoms with Crippen molar-refractivity contribution in [2.75, 3.05) is 0 Å². The molecule has 14 heteroatoms. The second-order valence-corrected chi connectivity index (χ2v) is 4.63. The SMILES string of the molecule is FC(F)(F)C(Oc1ccc(OC(C(F)(F)F)C(F)(F)F)cc1)C(F)(F)F. The van der Waals surface area contributed by atoms with Gasteiger partial charge < -0.3 is 9.47 Å². The van der Waals surface area contributed by atoms with Crippen LogP contribution >= 0.6 is 0 Å². The molecule has 0 saturated heterocycles. The number of hydrogen-bond acceptors (Lipinski definition) is 2. The maximum Gasteiger partial charge on any atom is 0.434 e. The van der Waals surface area contributed by atoms with Gasteiger partial charge in [-0.05, 0) is 24.3 Å². The summed E-state index contributed by atoms with van der Waals surface area (Å²) in [5.41, 5.74) is 0. The summed E-state index contributed by atoms with van der Waals surface area (Å²) in [4.78, 5) is 0. The van der Waals surface area contributed by atoms with Crippen LogP contribution < -0.4 is 9.47 Å². The lowest BCUT2D eigenvalue weighted by molar-refractivity contribution is -0.301. The molecule has 0 unspecified atom stereocenters. The Morgan fingerprint density at radius 3 is 0.808 bits per heavy atom. The van der Waals surface area contributed by atoms with E-state index in [-0.39, 0.29) is 0 Å². The minimum absolute atomic E-state index is 0.295. The fourth-order valence-electron chi connectivity index (χ4n) is 1.51. The molecule has 0 spiro atoms. The van der Waals surface area contributed by atoms with Crippen molar-refractivity contribution in [3.05, 3.63) is 24.3 Å². The molecular weight excluding hydrogens is 404 g/mol. The van der Waals surface area contributed by atoms with Crippen LogP contribution in [0, 0.1) is 0 Å². The number of rotatable bonds is 4. The summed E-state index contributed by atoms with van der Waals surface area (Å²) in [5.74, 6) is -2.21. The van der Waals surface area contributed by atoms with Crippen LogP contribution in [0.1, 0.15) is 0 Å². The average Bonchev–Trinajstić information content (AvgIpc) is 2.38. The quantitative estimate of drug-likeness (QED) is 0.617. The second kappa shape index (κ2) is 6.95. The molecule has 0 aliphatic rings. The topological polar surface area (TPSA) is 18.5 Å². The largest absolute Gasteiger partial charge is 0.471 e. The fourth-order valence-corrected chi connectivity index (χ4v) is 1.51. The van der Waals surface area contributed by atoms with E-state index in [4.69, 9.17) is 0 Å². The molecule has 0 aliphatic heterocycles. The highest BCUT2D eigenvalue weighted by Crippen LogP contribution is 2.38. The van der Waals surface area contributed by atoms with Crippen molar-refractivity contribution in [1.29, 1.82) is 0 Å². The van der Waals surface area contributed by atoms with E-state index >= 15 is 0 Å². The van der Waals surface area contributed by atoms with Crippen molar-refractivity contribution >= 4 is 0 Å². The van der Waals surface area contributed by atoms with Gasteiger partial charge in [-0.25, -0.2) is 0 Å². The van der Waals surface area contributed by atoms with E-state index in [2.05, 4.69) is 9.47 Å². The van der Waals surface area contributed by atoms with Crippen LogP contribution in [0.5, 0.6) is 11.5 Å². The van der Waals surface area contributed by atoms with Gasteiger partial charge in [-0.3, -0.25) is 0 Å². The molecule has 0 aromatic heterocycles. The van der Waals surface area contributed by atoms with Gasteiger partial charge in [-0.1, -0.05) is 0 Å². The molecule has 1 aromatic carbocycles. The van der Waals surface area contributed by atoms with Crippen LogP contribution in [-0.2, 0) is 0 Å². The van der Waals surface area contributed by atoms with Crippen molar-refractivity contribution in [3.63, 3.8) is 0 Å². The lowest BCUT2D eigenvalue weighted by Gasteiger charge is -2.25. The van der Waals surface area contributed by atoms with Crippen molar-refractivity contribution in [2.24, 2.45) is 0 Å². The number of hydrogen-bond donors (Lipinski definition) is 0. The molecule has 0 bridgehead atoms. The van der Waals surface area contributed by atoms with E-state index in [1.165, 1.54) is 0 Å². The van der Waals surface area contributed by atoms with Crippen LogP contribution in [0.3, 0.4) is 0 Å². The van der Waals surface area contributed by atoms with Crippen molar-refractivity contribution in [3.8, 4) is 11.5 Å². The Kier molecular flexibility index (Phi) is 5.88. The normalized spacial score (nSPS) is 14.1. The Labute approximate surface area is 136 Å². The molecule has 0 atom stereocenters. The smallest absolute Gasteiger partial charge is 0.434 e. The lowest BCUT2D eigenvalue weighted by Crippen LogP contribution is -2.46. The van der Waals surface area contributed by atoms with Crippen LogP contribution in [-0.4, -0.2) is 36.9 Å². The molecule has 0 heterocycles. The highest BCUT2D eigenvalue weighted by molar-refractivity contribution is 5.32. The van der Waals surface area contributed by atoms with E-state index in [1.54, 1.807) is 0 Å². The first-order chi connectivity index (χ1) is 11.4. The maximum absolute atomic E-state index is 12.3. The van der Waals surface area contributed by atoms with Crippen LogP contribution in [0.4, 0.5) is 52.7 Å². The molecule has 0 saturated carbocycles. The van der Waals surface area contributed by atoms with Crippen molar-refractivity contribution in [1.82, 2.24) is 0 Å². The average molecular weight is 410 g/mol. The van der Waals surface area contributed by atoms with Crippen LogP contribution in [0.2, 0.25) is 0 Å². The summed E-state index contributed by atoms with van der Waals surface area (Å²) >= 11 is 0. The van der Waals surface area contributed by atoms with Gasteiger partial charge in [0.25, 0.3) is 12.2 Å². The van der Waals surface area contributed by atoms with Gasteiger partial charge in [0.05, 0.1) is 0 Å². The number of alkyl halides is 12.